The largest absolute Gasteiger partial charge is 0.383 e. The highest BCUT2D eigenvalue weighted by Gasteiger charge is 2.28. The molecule has 1 aliphatic carbocycles. The molecular weight excluding hydrogens is 224 g/mol. The first-order valence-corrected chi connectivity index (χ1v) is 6.22. The van der Waals surface area contributed by atoms with Crippen LogP contribution in [0.1, 0.15) is 35.8 Å². The fourth-order valence-electron chi connectivity index (χ4n) is 2.05. The van der Waals surface area contributed by atoms with Gasteiger partial charge in [0.1, 0.15) is 11.6 Å². The molecule has 1 fully saturated rings. The van der Waals surface area contributed by atoms with Crippen molar-refractivity contribution in [3.8, 4) is 11.3 Å². The summed E-state index contributed by atoms with van der Waals surface area (Å²) in [5, 5.41) is 0. The van der Waals surface area contributed by atoms with Gasteiger partial charge in [-0.15, -0.1) is 0 Å². The van der Waals surface area contributed by atoms with Crippen LogP contribution in [-0.2, 0) is 0 Å². The summed E-state index contributed by atoms with van der Waals surface area (Å²) >= 11 is 0. The average molecular weight is 240 g/mol. The molecule has 1 saturated carbocycles. The van der Waals surface area contributed by atoms with Crippen LogP contribution in [-0.4, -0.2) is 15.0 Å². The zero-order valence-corrected chi connectivity index (χ0v) is 10.6. The number of aryl methyl sites for hydroxylation is 1. The summed E-state index contributed by atoms with van der Waals surface area (Å²) in [5.74, 6) is 1.99. The summed E-state index contributed by atoms with van der Waals surface area (Å²) in [6.07, 6.45) is 4.16. The fourth-order valence-corrected chi connectivity index (χ4v) is 2.05. The van der Waals surface area contributed by atoms with E-state index in [-0.39, 0.29) is 0 Å². The van der Waals surface area contributed by atoms with Crippen molar-refractivity contribution in [1.82, 2.24) is 15.0 Å². The minimum absolute atomic E-state index is 0.509. The van der Waals surface area contributed by atoms with Gasteiger partial charge in [-0.25, -0.2) is 9.97 Å². The van der Waals surface area contributed by atoms with E-state index in [9.17, 15) is 0 Å². The first kappa shape index (κ1) is 11.1. The van der Waals surface area contributed by atoms with Crippen molar-refractivity contribution in [2.24, 2.45) is 0 Å². The molecule has 0 spiro atoms. The Bertz CT molecular complexity index is 603. The predicted molar refractivity (Wildman–Crippen MR) is 71.1 cm³/mol. The number of anilines is 1. The summed E-state index contributed by atoms with van der Waals surface area (Å²) < 4.78 is 0. The van der Waals surface area contributed by atoms with Crippen LogP contribution in [0.25, 0.3) is 11.3 Å². The van der Waals surface area contributed by atoms with Crippen molar-refractivity contribution in [3.63, 3.8) is 0 Å². The Morgan fingerprint density at radius 1 is 1.22 bits per heavy atom. The van der Waals surface area contributed by atoms with Crippen molar-refractivity contribution in [2.75, 3.05) is 5.73 Å². The molecule has 0 radical (unpaired) electrons. The van der Waals surface area contributed by atoms with E-state index in [1.807, 2.05) is 26.0 Å². The van der Waals surface area contributed by atoms with Crippen molar-refractivity contribution in [2.45, 2.75) is 32.6 Å². The van der Waals surface area contributed by atoms with Gasteiger partial charge in [-0.3, -0.25) is 4.98 Å². The van der Waals surface area contributed by atoms with Gasteiger partial charge in [0.25, 0.3) is 0 Å². The van der Waals surface area contributed by atoms with E-state index in [4.69, 9.17) is 5.73 Å². The van der Waals surface area contributed by atoms with Crippen LogP contribution in [0.4, 0.5) is 5.82 Å². The maximum absolute atomic E-state index is 6.00. The minimum atomic E-state index is 0.509. The molecule has 0 aromatic carbocycles. The fraction of sp³-hybridized carbons (Fsp3) is 0.357. The smallest absolute Gasteiger partial charge is 0.134 e. The highest BCUT2D eigenvalue weighted by molar-refractivity contribution is 5.67. The first-order chi connectivity index (χ1) is 8.65. The molecule has 0 saturated heterocycles. The number of rotatable bonds is 2. The van der Waals surface area contributed by atoms with Crippen molar-refractivity contribution < 1.29 is 0 Å². The van der Waals surface area contributed by atoms with E-state index < -0.39 is 0 Å². The number of aromatic nitrogens is 3. The Balaban J connectivity index is 2.15. The van der Waals surface area contributed by atoms with Crippen molar-refractivity contribution in [3.05, 3.63) is 35.4 Å². The molecule has 0 aliphatic heterocycles. The van der Waals surface area contributed by atoms with Crippen molar-refractivity contribution >= 4 is 5.82 Å². The Morgan fingerprint density at radius 2 is 2.00 bits per heavy atom. The Hall–Kier alpha value is -1.97. The van der Waals surface area contributed by atoms with Gasteiger partial charge in [-0.1, -0.05) is 0 Å². The summed E-state index contributed by atoms with van der Waals surface area (Å²) in [4.78, 5) is 13.3. The van der Waals surface area contributed by atoms with Crippen LogP contribution in [0.3, 0.4) is 0 Å². The number of hydrogen-bond donors (Lipinski definition) is 1. The van der Waals surface area contributed by atoms with E-state index in [2.05, 4.69) is 15.0 Å². The normalized spacial score (nSPS) is 14.8. The van der Waals surface area contributed by atoms with Gasteiger partial charge in [0, 0.05) is 28.9 Å². The predicted octanol–water partition coefficient (Wildman–Crippen LogP) is 2.62. The number of nitrogens with zero attached hydrogens (tertiary/aromatic N) is 3. The molecule has 2 N–H and O–H groups in total. The molecule has 0 atom stereocenters. The zero-order chi connectivity index (χ0) is 12.7. The monoisotopic (exact) mass is 240 g/mol. The molecule has 2 heterocycles. The third-order valence-electron chi connectivity index (χ3n) is 3.31. The average Bonchev–Trinajstić information content (AvgIpc) is 3.16. The summed E-state index contributed by atoms with van der Waals surface area (Å²) in [5.41, 5.74) is 9.93. The molecule has 4 nitrogen and oxygen atoms in total. The van der Waals surface area contributed by atoms with Crippen LogP contribution in [0, 0.1) is 13.8 Å². The number of hydrogen-bond acceptors (Lipinski definition) is 4. The SMILES string of the molecule is Cc1cc(-c2nc(C3CC3)nc(N)c2C)ccn1. The third kappa shape index (κ3) is 1.94. The van der Waals surface area contributed by atoms with Gasteiger partial charge in [-0.2, -0.15) is 0 Å². The van der Waals surface area contributed by atoms with Gasteiger partial charge in [0.2, 0.25) is 0 Å². The van der Waals surface area contributed by atoms with Gasteiger partial charge in [-0.05, 0) is 38.8 Å². The number of pyridine rings is 1. The van der Waals surface area contributed by atoms with Crippen LogP contribution in [0.15, 0.2) is 18.3 Å². The molecule has 1 aliphatic rings. The second kappa shape index (κ2) is 4.05. The van der Waals surface area contributed by atoms with E-state index in [1.165, 1.54) is 12.8 Å². The summed E-state index contributed by atoms with van der Waals surface area (Å²) in [6.45, 7) is 3.95. The lowest BCUT2D eigenvalue weighted by Gasteiger charge is -2.10. The van der Waals surface area contributed by atoms with Gasteiger partial charge in [0.15, 0.2) is 0 Å². The second-order valence-electron chi connectivity index (χ2n) is 4.90. The minimum Gasteiger partial charge on any atom is -0.383 e. The van der Waals surface area contributed by atoms with Crippen LogP contribution >= 0.6 is 0 Å². The van der Waals surface area contributed by atoms with E-state index in [1.54, 1.807) is 6.20 Å². The lowest BCUT2D eigenvalue weighted by atomic mass is 10.1. The molecule has 0 unspecified atom stereocenters. The molecule has 2 aromatic rings. The molecule has 0 amide bonds. The second-order valence-corrected chi connectivity index (χ2v) is 4.90. The number of nitrogens with two attached hydrogens (primary N) is 1. The molecule has 18 heavy (non-hydrogen) atoms. The van der Waals surface area contributed by atoms with E-state index >= 15 is 0 Å². The zero-order valence-electron chi connectivity index (χ0n) is 10.6. The topological polar surface area (TPSA) is 64.7 Å². The third-order valence-corrected chi connectivity index (χ3v) is 3.31. The quantitative estimate of drug-likeness (QED) is 0.876. The Morgan fingerprint density at radius 3 is 2.67 bits per heavy atom. The van der Waals surface area contributed by atoms with Gasteiger partial charge < -0.3 is 5.73 Å². The molecule has 3 rings (SSSR count). The standard InChI is InChI=1S/C14H16N4/c1-8-7-11(5-6-16-8)12-9(2)13(15)18-14(17-12)10-3-4-10/h5-7,10H,3-4H2,1-2H3,(H2,15,17,18). The Kier molecular flexibility index (Phi) is 2.51. The Labute approximate surface area is 106 Å². The highest BCUT2D eigenvalue weighted by Crippen LogP contribution is 2.39. The van der Waals surface area contributed by atoms with E-state index in [0.29, 0.717) is 11.7 Å². The lowest BCUT2D eigenvalue weighted by Crippen LogP contribution is -2.04. The van der Waals surface area contributed by atoms with Gasteiger partial charge >= 0.3 is 0 Å². The molecule has 2 aromatic heterocycles. The molecule has 0 bridgehead atoms. The molecule has 4 heteroatoms. The van der Waals surface area contributed by atoms with Crippen LogP contribution < -0.4 is 5.73 Å². The first-order valence-electron chi connectivity index (χ1n) is 6.22. The number of nitrogen functional groups attached to an aromatic ring is 1. The van der Waals surface area contributed by atoms with E-state index in [0.717, 1.165) is 28.3 Å². The van der Waals surface area contributed by atoms with Gasteiger partial charge in [0.05, 0.1) is 5.69 Å². The highest BCUT2D eigenvalue weighted by atomic mass is 15.0. The maximum Gasteiger partial charge on any atom is 0.134 e. The summed E-state index contributed by atoms with van der Waals surface area (Å²) in [7, 11) is 0. The van der Waals surface area contributed by atoms with Crippen molar-refractivity contribution in [1.29, 1.82) is 0 Å². The summed E-state index contributed by atoms with van der Waals surface area (Å²) in [6, 6.07) is 4.00. The lowest BCUT2D eigenvalue weighted by molar-refractivity contribution is 0.927. The molecule has 92 valence electrons. The maximum atomic E-state index is 6.00. The van der Waals surface area contributed by atoms with Crippen LogP contribution in [0.2, 0.25) is 0 Å². The van der Waals surface area contributed by atoms with Crippen LogP contribution in [0.5, 0.6) is 0 Å². The molecular formula is C14H16N4.